The maximum absolute atomic E-state index is 10.1. The monoisotopic (exact) mass is 284 g/mol. The Morgan fingerprint density at radius 2 is 1.76 bits per heavy atom. The number of ether oxygens (including phenoxy) is 1. The maximum Gasteiger partial charge on any atom is 0.293 e. The highest BCUT2D eigenvalue weighted by molar-refractivity contribution is 5.85. The van der Waals surface area contributed by atoms with Gasteiger partial charge in [-0.15, -0.1) is 0 Å². The van der Waals surface area contributed by atoms with Crippen LogP contribution in [0.15, 0.2) is 42.5 Å². The van der Waals surface area contributed by atoms with E-state index in [0.717, 1.165) is 16.9 Å². The van der Waals surface area contributed by atoms with Gasteiger partial charge in [0.15, 0.2) is 0 Å². The Bertz CT molecular complexity index is 551. The van der Waals surface area contributed by atoms with Crippen LogP contribution >= 0.6 is 0 Å². The van der Waals surface area contributed by atoms with E-state index in [9.17, 15) is 4.79 Å². The zero-order valence-electron chi connectivity index (χ0n) is 12.8. The van der Waals surface area contributed by atoms with E-state index >= 15 is 0 Å². The lowest BCUT2D eigenvalue weighted by Crippen LogP contribution is -1.99. The third-order valence-corrected chi connectivity index (χ3v) is 4.08. The number of fused-ring (bicyclic) bond motifs is 1. The van der Waals surface area contributed by atoms with E-state index < -0.39 is 0 Å². The van der Waals surface area contributed by atoms with Crippen LogP contribution < -0.4 is 0 Å². The molecule has 2 nitrogen and oxygen atoms in total. The van der Waals surface area contributed by atoms with Gasteiger partial charge in [-0.05, 0) is 22.3 Å². The van der Waals surface area contributed by atoms with Crippen LogP contribution in [0.3, 0.4) is 0 Å². The number of benzene rings is 2. The van der Waals surface area contributed by atoms with Crippen molar-refractivity contribution < 1.29 is 9.53 Å². The average molecular weight is 284 g/mol. The summed E-state index contributed by atoms with van der Waals surface area (Å²) >= 11 is 0. The van der Waals surface area contributed by atoms with Gasteiger partial charge in [-0.25, -0.2) is 0 Å². The van der Waals surface area contributed by atoms with Crippen LogP contribution in [0.25, 0.3) is 10.8 Å². The highest BCUT2D eigenvalue weighted by atomic mass is 16.5. The molecule has 0 heterocycles. The van der Waals surface area contributed by atoms with Crippen LogP contribution in [-0.4, -0.2) is 6.47 Å². The zero-order chi connectivity index (χ0) is 14.9. The highest BCUT2D eigenvalue weighted by Crippen LogP contribution is 2.22. The van der Waals surface area contributed by atoms with Crippen molar-refractivity contribution >= 4 is 17.2 Å². The van der Waals surface area contributed by atoms with Crippen LogP contribution in [0.4, 0.5) is 0 Å². The van der Waals surface area contributed by atoms with Gasteiger partial charge in [0.1, 0.15) is 6.61 Å². The fourth-order valence-electron chi connectivity index (χ4n) is 2.85. The molecule has 1 fully saturated rings. The quantitative estimate of drug-likeness (QED) is 0.733. The van der Waals surface area contributed by atoms with Gasteiger partial charge < -0.3 is 4.74 Å². The van der Waals surface area contributed by atoms with E-state index in [4.69, 9.17) is 4.74 Å². The van der Waals surface area contributed by atoms with Gasteiger partial charge in [-0.1, -0.05) is 81.5 Å². The summed E-state index contributed by atoms with van der Waals surface area (Å²) in [5.41, 5.74) is 1.04. The minimum atomic E-state index is 0.338. The Kier molecular flexibility index (Phi) is 6.26. The molecule has 112 valence electrons. The molecule has 0 radical (unpaired) electrons. The van der Waals surface area contributed by atoms with Crippen molar-refractivity contribution in [1.29, 1.82) is 0 Å². The molecule has 21 heavy (non-hydrogen) atoms. The SMILES string of the molecule is CC1CCCCC1.O=COCc1cccc2ccccc12. The molecule has 2 heteroatoms. The summed E-state index contributed by atoms with van der Waals surface area (Å²) in [5.74, 6) is 1.04. The molecule has 1 saturated carbocycles. The van der Waals surface area contributed by atoms with Gasteiger partial charge in [0.2, 0.25) is 0 Å². The third kappa shape index (κ3) is 4.89. The molecule has 2 aromatic rings. The first kappa shape index (κ1) is 15.6. The molecule has 2 aromatic carbocycles. The summed E-state index contributed by atoms with van der Waals surface area (Å²) in [6.45, 7) is 3.17. The highest BCUT2D eigenvalue weighted by Gasteiger charge is 2.06. The number of hydrogen-bond acceptors (Lipinski definition) is 2. The van der Waals surface area contributed by atoms with Crippen LogP contribution in [-0.2, 0) is 16.1 Å². The second-order valence-corrected chi connectivity index (χ2v) is 5.79. The number of hydrogen-bond donors (Lipinski definition) is 0. The maximum atomic E-state index is 10.1. The van der Waals surface area contributed by atoms with E-state index in [-0.39, 0.29) is 0 Å². The molecule has 0 saturated heterocycles. The second-order valence-electron chi connectivity index (χ2n) is 5.79. The summed E-state index contributed by atoms with van der Waals surface area (Å²) < 4.78 is 4.75. The predicted octanol–water partition coefficient (Wildman–Crippen LogP) is 5.10. The lowest BCUT2D eigenvalue weighted by Gasteiger charge is -2.15. The fourth-order valence-corrected chi connectivity index (χ4v) is 2.85. The number of rotatable bonds is 3. The van der Waals surface area contributed by atoms with Crippen LogP contribution in [0, 0.1) is 5.92 Å². The first-order valence-electron chi connectivity index (χ1n) is 7.83. The van der Waals surface area contributed by atoms with Gasteiger partial charge in [0.05, 0.1) is 0 Å². The molecule has 0 aliphatic heterocycles. The van der Waals surface area contributed by atoms with Gasteiger partial charge in [-0.2, -0.15) is 0 Å². The van der Waals surface area contributed by atoms with Gasteiger partial charge in [-0.3, -0.25) is 4.79 Å². The molecule has 0 aromatic heterocycles. The summed E-state index contributed by atoms with van der Waals surface area (Å²) in [6.07, 6.45) is 7.44. The van der Waals surface area contributed by atoms with Crippen LogP contribution in [0.2, 0.25) is 0 Å². The third-order valence-electron chi connectivity index (χ3n) is 4.08. The van der Waals surface area contributed by atoms with E-state index in [2.05, 4.69) is 6.92 Å². The minimum absolute atomic E-state index is 0.338. The minimum Gasteiger partial charge on any atom is -0.463 e. The first-order chi connectivity index (χ1) is 10.3. The molecule has 0 spiro atoms. The van der Waals surface area contributed by atoms with Crippen molar-refractivity contribution in [2.24, 2.45) is 5.92 Å². The van der Waals surface area contributed by atoms with E-state index in [0.29, 0.717) is 13.1 Å². The Balaban J connectivity index is 0.000000194. The molecular weight excluding hydrogens is 260 g/mol. The molecular formula is C19H24O2. The van der Waals surface area contributed by atoms with Crippen molar-refractivity contribution in [2.75, 3.05) is 0 Å². The molecule has 0 bridgehead atoms. The van der Waals surface area contributed by atoms with Crippen molar-refractivity contribution in [3.8, 4) is 0 Å². The topological polar surface area (TPSA) is 26.3 Å². The lowest BCUT2D eigenvalue weighted by atomic mass is 9.91. The fraction of sp³-hybridized carbons (Fsp3) is 0.421. The summed E-state index contributed by atoms with van der Waals surface area (Å²) in [6, 6.07) is 14.0. The molecule has 0 amide bonds. The first-order valence-corrected chi connectivity index (χ1v) is 7.83. The van der Waals surface area contributed by atoms with Gasteiger partial charge >= 0.3 is 0 Å². The summed E-state index contributed by atoms with van der Waals surface area (Å²) in [5, 5.41) is 2.30. The lowest BCUT2D eigenvalue weighted by molar-refractivity contribution is -0.129. The van der Waals surface area contributed by atoms with Crippen molar-refractivity contribution in [3.05, 3.63) is 48.0 Å². The normalized spacial score (nSPS) is 15.1. The molecule has 0 N–H and O–H groups in total. The Morgan fingerprint density at radius 3 is 2.43 bits per heavy atom. The molecule has 0 atom stereocenters. The number of carbonyl (C=O) groups is 1. The summed E-state index contributed by atoms with van der Waals surface area (Å²) in [4.78, 5) is 10.1. The van der Waals surface area contributed by atoms with E-state index in [1.165, 1.54) is 37.5 Å². The van der Waals surface area contributed by atoms with Crippen molar-refractivity contribution in [3.63, 3.8) is 0 Å². The average Bonchev–Trinajstić information content (AvgIpc) is 2.54. The Labute approximate surface area is 127 Å². The van der Waals surface area contributed by atoms with Gasteiger partial charge in [0, 0.05) is 0 Å². The van der Waals surface area contributed by atoms with Gasteiger partial charge in [0.25, 0.3) is 6.47 Å². The zero-order valence-corrected chi connectivity index (χ0v) is 12.8. The van der Waals surface area contributed by atoms with Crippen molar-refractivity contribution in [1.82, 2.24) is 0 Å². The Hall–Kier alpha value is -1.83. The second kappa shape index (κ2) is 8.46. The van der Waals surface area contributed by atoms with E-state index in [1.807, 2.05) is 42.5 Å². The van der Waals surface area contributed by atoms with Crippen LogP contribution in [0.1, 0.15) is 44.6 Å². The van der Waals surface area contributed by atoms with E-state index in [1.54, 1.807) is 0 Å². The molecule has 3 rings (SSSR count). The molecule has 0 unspecified atom stereocenters. The standard InChI is InChI=1S/C12H10O2.C7H14/c13-9-14-8-11-6-3-5-10-4-1-2-7-12(10)11;1-7-5-3-2-4-6-7/h1-7,9H,8H2;7H,2-6H2,1H3. The summed E-state index contributed by atoms with van der Waals surface area (Å²) in [7, 11) is 0. The largest absolute Gasteiger partial charge is 0.463 e. The van der Waals surface area contributed by atoms with Crippen molar-refractivity contribution in [2.45, 2.75) is 45.6 Å². The smallest absolute Gasteiger partial charge is 0.293 e. The predicted molar refractivity (Wildman–Crippen MR) is 87.1 cm³/mol. The van der Waals surface area contributed by atoms with Crippen LogP contribution in [0.5, 0.6) is 0 Å². The molecule has 1 aliphatic rings. The Morgan fingerprint density at radius 1 is 1.05 bits per heavy atom. The molecule has 1 aliphatic carbocycles. The number of carbonyl (C=O) groups excluding carboxylic acids is 1.